The Bertz CT molecular complexity index is 722. The lowest BCUT2D eigenvalue weighted by molar-refractivity contribution is -0.380. The molecule has 2 aromatic heterocycles. The molecule has 0 spiro atoms. The molecule has 0 radical (unpaired) electrons. The molecule has 8 nitrogen and oxygen atoms in total. The van der Waals surface area contributed by atoms with Gasteiger partial charge in [-0.25, -0.2) is 5.01 Å². The van der Waals surface area contributed by atoms with Gasteiger partial charge in [-0.3, -0.25) is 25.1 Å². The summed E-state index contributed by atoms with van der Waals surface area (Å²) in [6.45, 7) is 0. The van der Waals surface area contributed by atoms with Crippen molar-refractivity contribution in [2.45, 2.75) is 0 Å². The van der Waals surface area contributed by atoms with Crippen LogP contribution in [0.5, 0.6) is 0 Å². The van der Waals surface area contributed by atoms with E-state index in [-0.39, 0.29) is 15.8 Å². The van der Waals surface area contributed by atoms with E-state index in [1.165, 1.54) is 28.5 Å². The summed E-state index contributed by atoms with van der Waals surface area (Å²) >= 11 is 1.98. The first kappa shape index (κ1) is 16.1. The van der Waals surface area contributed by atoms with E-state index < -0.39 is 10.8 Å². The maximum Gasteiger partial charge on any atom is 0.324 e. The second kappa shape index (κ2) is 6.64. The van der Waals surface area contributed by atoms with E-state index in [2.05, 4.69) is 10.7 Å². The average molecular weight is 340 g/mol. The molecule has 0 saturated carbocycles. The number of thiophene rings is 2. The summed E-state index contributed by atoms with van der Waals surface area (Å²) in [7, 11) is 3.35. The van der Waals surface area contributed by atoms with Gasteiger partial charge in [0.05, 0.1) is 15.4 Å². The summed E-state index contributed by atoms with van der Waals surface area (Å²) in [6, 6.07) is 4.24. The van der Waals surface area contributed by atoms with Gasteiger partial charge < -0.3 is 5.32 Å². The van der Waals surface area contributed by atoms with Crippen LogP contribution in [0.15, 0.2) is 23.6 Å². The molecule has 2 aromatic rings. The lowest BCUT2D eigenvalue weighted by atomic mass is 10.3. The van der Waals surface area contributed by atoms with Crippen LogP contribution in [0.4, 0.5) is 10.0 Å². The highest BCUT2D eigenvalue weighted by atomic mass is 32.1. The summed E-state index contributed by atoms with van der Waals surface area (Å²) in [5, 5.41) is 16.7. The minimum atomic E-state index is -0.553. The molecule has 0 saturated heterocycles. The maximum atomic E-state index is 12.1. The smallest absolute Gasteiger partial charge is 0.312 e. The quantitative estimate of drug-likeness (QED) is 0.641. The van der Waals surface area contributed by atoms with E-state index >= 15 is 0 Å². The van der Waals surface area contributed by atoms with Crippen LogP contribution in [0.3, 0.4) is 0 Å². The predicted octanol–water partition coefficient (Wildman–Crippen LogP) is 2.18. The van der Waals surface area contributed by atoms with Crippen molar-refractivity contribution in [3.8, 4) is 0 Å². The van der Waals surface area contributed by atoms with Gasteiger partial charge in [0.2, 0.25) is 0 Å². The van der Waals surface area contributed by atoms with Gasteiger partial charge in [0.1, 0.15) is 5.00 Å². The summed E-state index contributed by atoms with van der Waals surface area (Å²) < 4.78 is 0. The van der Waals surface area contributed by atoms with Gasteiger partial charge >= 0.3 is 5.00 Å². The van der Waals surface area contributed by atoms with Crippen molar-refractivity contribution >= 4 is 44.5 Å². The SMILES string of the molecule is CN(C)NC(=O)c1ccsc1NC(=O)c1ccc([N+](=O)[O-])s1. The highest BCUT2D eigenvalue weighted by Crippen LogP contribution is 2.27. The largest absolute Gasteiger partial charge is 0.324 e. The Morgan fingerprint density at radius 2 is 1.95 bits per heavy atom. The van der Waals surface area contributed by atoms with Crippen LogP contribution in [0, 0.1) is 10.1 Å². The minimum Gasteiger partial charge on any atom is -0.312 e. The van der Waals surface area contributed by atoms with E-state index in [0.717, 1.165) is 11.3 Å². The van der Waals surface area contributed by atoms with Gasteiger partial charge in [0, 0.05) is 20.2 Å². The number of hydrogen-bond donors (Lipinski definition) is 2. The number of nitrogens with one attached hydrogen (secondary N) is 2. The second-order valence-corrected chi connectivity index (χ2v) is 6.33. The van der Waals surface area contributed by atoms with Gasteiger partial charge in [-0.2, -0.15) is 0 Å². The van der Waals surface area contributed by atoms with Crippen molar-refractivity contribution in [3.63, 3.8) is 0 Å². The lowest BCUT2D eigenvalue weighted by Crippen LogP contribution is -2.36. The Kier molecular flexibility index (Phi) is 4.85. The first-order valence-electron chi connectivity index (χ1n) is 6.00. The van der Waals surface area contributed by atoms with Gasteiger partial charge in [-0.1, -0.05) is 11.3 Å². The monoisotopic (exact) mass is 340 g/mol. The third kappa shape index (κ3) is 3.67. The molecule has 0 bridgehead atoms. The molecule has 0 fully saturated rings. The van der Waals surface area contributed by atoms with Crippen molar-refractivity contribution in [2.75, 3.05) is 19.4 Å². The highest BCUT2D eigenvalue weighted by molar-refractivity contribution is 7.17. The van der Waals surface area contributed by atoms with Crippen molar-refractivity contribution < 1.29 is 14.5 Å². The molecule has 2 rings (SSSR count). The summed E-state index contributed by atoms with van der Waals surface area (Å²) in [4.78, 5) is 34.3. The Labute approximate surface area is 133 Å². The fourth-order valence-corrected chi connectivity index (χ4v) is 3.06. The number of nitrogens with zero attached hydrogens (tertiary/aromatic N) is 2. The van der Waals surface area contributed by atoms with E-state index in [4.69, 9.17) is 0 Å². The lowest BCUT2D eigenvalue weighted by Gasteiger charge is -2.12. The minimum absolute atomic E-state index is 0.109. The maximum absolute atomic E-state index is 12.1. The predicted molar refractivity (Wildman–Crippen MR) is 84.4 cm³/mol. The molecule has 2 heterocycles. The zero-order valence-corrected chi connectivity index (χ0v) is 13.3. The molecule has 0 unspecified atom stereocenters. The molecule has 116 valence electrons. The number of rotatable bonds is 5. The molecule has 0 aromatic carbocycles. The molecular formula is C12H12N4O4S2. The number of hydrogen-bond acceptors (Lipinski definition) is 7. The molecule has 0 aliphatic heterocycles. The van der Waals surface area contributed by atoms with Gasteiger partial charge in [-0.05, 0) is 17.5 Å². The van der Waals surface area contributed by atoms with E-state index in [1.807, 2.05) is 0 Å². The second-order valence-electron chi connectivity index (χ2n) is 4.35. The number of carbonyl (C=O) groups excluding carboxylic acids is 2. The van der Waals surface area contributed by atoms with E-state index in [1.54, 1.807) is 25.5 Å². The summed E-state index contributed by atoms with van der Waals surface area (Å²) in [6.07, 6.45) is 0. The van der Waals surface area contributed by atoms with E-state index in [9.17, 15) is 19.7 Å². The topological polar surface area (TPSA) is 105 Å². The number of hydrazine groups is 1. The van der Waals surface area contributed by atoms with Crippen molar-refractivity contribution in [3.05, 3.63) is 44.1 Å². The van der Waals surface area contributed by atoms with Crippen molar-refractivity contribution in [1.29, 1.82) is 0 Å². The number of amides is 2. The van der Waals surface area contributed by atoms with Crippen molar-refractivity contribution in [2.24, 2.45) is 0 Å². The summed E-state index contributed by atoms with van der Waals surface area (Å²) in [5.74, 6) is -0.835. The third-order valence-corrected chi connectivity index (χ3v) is 4.32. The number of nitro groups is 1. The van der Waals surface area contributed by atoms with Crippen LogP contribution in [-0.4, -0.2) is 35.8 Å². The first-order chi connectivity index (χ1) is 10.4. The van der Waals surface area contributed by atoms with Crippen LogP contribution >= 0.6 is 22.7 Å². The molecule has 0 aliphatic carbocycles. The van der Waals surface area contributed by atoms with Gasteiger partial charge in [0.25, 0.3) is 11.8 Å². The number of carbonyl (C=O) groups is 2. The third-order valence-electron chi connectivity index (χ3n) is 2.46. The normalized spacial score (nSPS) is 10.5. The molecule has 2 N–H and O–H groups in total. The van der Waals surface area contributed by atoms with Crippen LogP contribution in [0.1, 0.15) is 20.0 Å². The molecule has 0 aliphatic rings. The number of anilines is 1. The van der Waals surface area contributed by atoms with Crippen LogP contribution in [-0.2, 0) is 0 Å². The standard InChI is InChI=1S/C12H12N4O4S2/c1-15(2)14-10(17)7-5-6-21-12(7)13-11(18)8-3-4-9(22-8)16(19)20/h3-6H,1-2H3,(H,13,18)(H,14,17). The Balaban J connectivity index is 2.13. The first-order valence-corrected chi connectivity index (χ1v) is 7.69. The van der Waals surface area contributed by atoms with Crippen molar-refractivity contribution in [1.82, 2.24) is 10.4 Å². The Morgan fingerprint density at radius 3 is 2.55 bits per heavy atom. The fraction of sp³-hybridized carbons (Fsp3) is 0.167. The Morgan fingerprint density at radius 1 is 1.23 bits per heavy atom. The molecule has 0 atom stereocenters. The molecular weight excluding hydrogens is 328 g/mol. The van der Waals surface area contributed by atoms with Crippen LogP contribution in [0.25, 0.3) is 0 Å². The average Bonchev–Trinajstić information content (AvgIpc) is 3.06. The molecule has 22 heavy (non-hydrogen) atoms. The fourth-order valence-electron chi connectivity index (χ4n) is 1.56. The highest BCUT2D eigenvalue weighted by Gasteiger charge is 2.19. The van der Waals surface area contributed by atoms with Crippen LogP contribution in [0.2, 0.25) is 0 Å². The molecule has 2 amide bonds. The van der Waals surface area contributed by atoms with E-state index in [0.29, 0.717) is 10.6 Å². The van der Waals surface area contributed by atoms with Gasteiger partial charge in [-0.15, -0.1) is 11.3 Å². The molecule has 10 heteroatoms. The van der Waals surface area contributed by atoms with Crippen LogP contribution < -0.4 is 10.7 Å². The zero-order chi connectivity index (χ0) is 16.3. The Hall–Kier alpha value is -2.30. The van der Waals surface area contributed by atoms with Gasteiger partial charge in [0.15, 0.2) is 0 Å². The summed E-state index contributed by atoms with van der Waals surface area (Å²) in [5.41, 5.74) is 2.91. The zero-order valence-electron chi connectivity index (χ0n) is 11.7.